The standard InChI is InChI=1S/C71H128O6/c1-4-7-10-13-16-18-20-22-24-26-28-29-30-31-32-33-34-35-36-37-38-39-40-41-42-43-44-46-47-49-51-53-55-58-61-64-70(73)76-67-68(66-75-69(72)63-60-57-15-12-9-6-3)77-71(74)65-62-59-56-54-52-50-48-45-27-25-23-21-19-17-14-11-8-5-2/h7,10,16,18,22,24,28-29,31-32,68H,4-6,8-9,11-15,17,19-21,23,25-27,30,33-67H2,1-3H3/b10-7-,18-16-,24-22-,29-28-,32-31-. The molecule has 0 bridgehead atoms. The Bertz CT molecular complexity index is 1380. The highest BCUT2D eigenvalue weighted by molar-refractivity contribution is 5.71. The lowest BCUT2D eigenvalue weighted by molar-refractivity contribution is -0.167. The highest BCUT2D eigenvalue weighted by Crippen LogP contribution is 2.18. The maximum absolute atomic E-state index is 12.8. The molecule has 0 saturated carbocycles. The molecule has 0 rings (SSSR count). The second-order valence-electron chi connectivity index (χ2n) is 22.7. The fourth-order valence-electron chi connectivity index (χ4n) is 10.0. The number of carbonyl (C=O) groups is 3. The van der Waals surface area contributed by atoms with E-state index in [0.29, 0.717) is 19.3 Å². The predicted molar refractivity (Wildman–Crippen MR) is 335 cm³/mol. The van der Waals surface area contributed by atoms with Gasteiger partial charge in [-0.15, -0.1) is 0 Å². The maximum Gasteiger partial charge on any atom is 0.306 e. The van der Waals surface area contributed by atoms with Crippen LogP contribution in [0.25, 0.3) is 0 Å². The van der Waals surface area contributed by atoms with Crippen LogP contribution in [0.15, 0.2) is 60.8 Å². The summed E-state index contributed by atoms with van der Waals surface area (Å²) < 4.78 is 16.8. The van der Waals surface area contributed by atoms with Crippen LogP contribution in [-0.4, -0.2) is 37.2 Å². The van der Waals surface area contributed by atoms with Gasteiger partial charge in [0, 0.05) is 19.3 Å². The van der Waals surface area contributed by atoms with E-state index in [1.165, 1.54) is 225 Å². The van der Waals surface area contributed by atoms with Gasteiger partial charge < -0.3 is 14.2 Å². The van der Waals surface area contributed by atoms with Crippen LogP contribution in [0.4, 0.5) is 0 Å². The molecule has 0 aliphatic rings. The number of esters is 3. The van der Waals surface area contributed by atoms with Crippen LogP contribution in [0, 0.1) is 0 Å². The minimum absolute atomic E-state index is 0.0672. The van der Waals surface area contributed by atoms with Crippen molar-refractivity contribution in [3.05, 3.63) is 60.8 Å². The van der Waals surface area contributed by atoms with Crippen LogP contribution in [0.3, 0.4) is 0 Å². The monoisotopic (exact) mass is 1080 g/mol. The van der Waals surface area contributed by atoms with Crippen LogP contribution in [0.1, 0.15) is 355 Å². The summed E-state index contributed by atoms with van der Waals surface area (Å²) in [4.78, 5) is 38.0. The van der Waals surface area contributed by atoms with Crippen molar-refractivity contribution in [2.75, 3.05) is 13.2 Å². The van der Waals surface area contributed by atoms with Crippen LogP contribution in [0.5, 0.6) is 0 Å². The van der Waals surface area contributed by atoms with E-state index in [1.54, 1.807) is 0 Å². The number of carbonyl (C=O) groups excluding carboxylic acids is 3. The summed E-state index contributed by atoms with van der Waals surface area (Å²) in [5, 5.41) is 0. The summed E-state index contributed by atoms with van der Waals surface area (Å²) in [6.45, 7) is 6.52. The van der Waals surface area contributed by atoms with E-state index in [0.717, 1.165) is 89.9 Å². The van der Waals surface area contributed by atoms with E-state index in [-0.39, 0.29) is 31.1 Å². The zero-order valence-electron chi connectivity index (χ0n) is 51.5. The fraction of sp³-hybridized carbons (Fsp3) is 0.817. The topological polar surface area (TPSA) is 78.9 Å². The molecule has 0 aromatic carbocycles. The number of rotatable bonds is 62. The van der Waals surface area contributed by atoms with E-state index >= 15 is 0 Å². The Morgan fingerprint density at radius 3 is 0.792 bits per heavy atom. The Kier molecular flexibility index (Phi) is 63.2. The number of hydrogen-bond donors (Lipinski definition) is 0. The molecule has 0 N–H and O–H groups in total. The third-order valence-corrected chi connectivity index (χ3v) is 15.0. The molecule has 0 aliphatic heterocycles. The summed E-state index contributed by atoms with van der Waals surface area (Å²) >= 11 is 0. The van der Waals surface area contributed by atoms with E-state index in [9.17, 15) is 14.4 Å². The van der Waals surface area contributed by atoms with Gasteiger partial charge in [-0.25, -0.2) is 0 Å². The van der Waals surface area contributed by atoms with Crippen LogP contribution >= 0.6 is 0 Å². The molecule has 0 heterocycles. The highest BCUT2D eigenvalue weighted by atomic mass is 16.6. The SMILES string of the molecule is CC/C=C\C/C=C\C/C=C\C/C=C\C/C=C\CCCCCCCCCCCCCCCCCCCCCC(=O)OCC(COC(=O)CCCCCCCC)OC(=O)CCCCCCCCCCCCCCCCCCCC. The maximum atomic E-state index is 12.8. The molecule has 0 fully saturated rings. The molecule has 0 saturated heterocycles. The Labute approximate surface area is 479 Å². The van der Waals surface area contributed by atoms with Gasteiger partial charge in [0.05, 0.1) is 0 Å². The second kappa shape index (κ2) is 65.6. The number of allylic oxidation sites excluding steroid dienone is 10. The first-order chi connectivity index (χ1) is 38.0. The van der Waals surface area contributed by atoms with Crippen molar-refractivity contribution < 1.29 is 28.6 Å². The summed E-state index contributed by atoms with van der Waals surface area (Å²) in [7, 11) is 0. The average molecular weight is 1080 g/mol. The van der Waals surface area contributed by atoms with Crippen molar-refractivity contribution in [1.29, 1.82) is 0 Å². The molecule has 0 spiro atoms. The predicted octanol–water partition coefficient (Wildman–Crippen LogP) is 23.1. The lowest BCUT2D eigenvalue weighted by Crippen LogP contribution is -2.30. The fourth-order valence-corrected chi connectivity index (χ4v) is 10.0. The molecule has 6 nitrogen and oxygen atoms in total. The van der Waals surface area contributed by atoms with Gasteiger partial charge in [0.15, 0.2) is 6.10 Å². The first kappa shape index (κ1) is 74.1. The van der Waals surface area contributed by atoms with E-state index in [1.807, 2.05) is 0 Å². The van der Waals surface area contributed by atoms with Gasteiger partial charge in [-0.1, -0.05) is 332 Å². The molecule has 0 aliphatic carbocycles. The smallest absolute Gasteiger partial charge is 0.306 e. The minimum atomic E-state index is -0.766. The van der Waals surface area contributed by atoms with Gasteiger partial charge in [0.25, 0.3) is 0 Å². The summed E-state index contributed by atoms with van der Waals surface area (Å²) in [5.41, 5.74) is 0. The first-order valence-electron chi connectivity index (χ1n) is 33.8. The Morgan fingerprint density at radius 2 is 0.506 bits per heavy atom. The van der Waals surface area contributed by atoms with Gasteiger partial charge >= 0.3 is 17.9 Å². The third-order valence-electron chi connectivity index (χ3n) is 15.0. The number of unbranched alkanes of at least 4 members (excludes halogenated alkanes) is 41. The van der Waals surface area contributed by atoms with Gasteiger partial charge in [0.1, 0.15) is 13.2 Å². The third kappa shape index (κ3) is 63.8. The van der Waals surface area contributed by atoms with Gasteiger partial charge in [0.2, 0.25) is 0 Å². The van der Waals surface area contributed by atoms with Gasteiger partial charge in [-0.3, -0.25) is 14.4 Å². The van der Waals surface area contributed by atoms with Gasteiger partial charge in [-0.2, -0.15) is 0 Å². The molecular weight excluding hydrogens is 949 g/mol. The van der Waals surface area contributed by atoms with Crippen LogP contribution < -0.4 is 0 Å². The molecule has 1 atom stereocenters. The van der Waals surface area contributed by atoms with Crippen molar-refractivity contribution in [3.8, 4) is 0 Å². The molecule has 0 amide bonds. The van der Waals surface area contributed by atoms with Crippen LogP contribution in [-0.2, 0) is 28.6 Å². The summed E-state index contributed by atoms with van der Waals surface area (Å²) in [5.74, 6) is -0.854. The number of ether oxygens (including phenoxy) is 3. The van der Waals surface area contributed by atoms with Crippen molar-refractivity contribution in [2.45, 2.75) is 361 Å². The lowest BCUT2D eigenvalue weighted by atomic mass is 10.0. The largest absolute Gasteiger partial charge is 0.462 e. The van der Waals surface area contributed by atoms with Gasteiger partial charge in [-0.05, 0) is 64.2 Å². The van der Waals surface area contributed by atoms with Crippen LogP contribution in [0.2, 0.25) is 0 Å². The quantitative estimate of drug-likeness (QED) is 0.0261. The highest BCUT2D eigenvalue weighted by Gasteiger charge is 2.19. The minimum Gasteiger partial charge on any atom is -0.462 e. The van der Waals surface area contributed by atoms with E-state index < -0.39 is 6.10 Å². The molecular formula is C71H128O6. The Hall–Kier alpha value is -2.89. The number of hydrogen-bond acceptors (Lipinski definition) is 6. The molecule has 0 aromatic heterocycles. The Balaban J connectivity index is 3.93. The van der Waals surface area contributed by atoms with E-state index in [4.69, 9.17) is 14.2 Å². The molecule has 0 aromatic rings. The normalized spacial score (nSPS) is 12.4. The second-order valence-corrected chi connectivity index (χ2v) is 22.7. The van der Waals surface area contributed by atoms with Crippen molar-refractivity contribution in [1.82, 2.24) is 0 Å². The first-order valence-corrected chi connectivity index (χ1v) is 33.8. The van der Waals surface area contributed by atoms with E-state index in [2.05, 4.69) is 81.5 Å². The van der Waals surface area contributed by atoms with Crippen molar-refractivity contribution in [2.24, 2.45) is 0 Å². The summed E-state index contributed by atoms with van der Waals surface area (Å²) in [6, 6.07) is 0. The molecule has 1 unspecified atom stereocenters. The lowest BCUT2D eigenvalue weighted by Gasteiger charge is -2.18. The van der Waals surface area contributed by atoms with Crippen molar-refractivity contribution in [3.63, 3.8) is 0 Å². The average Bonchev–Trinajstić information content (AvgIpc) is 3.43. The zero-order chi connectivity index (χ0) is 55.7. The molecule has 77 heavy (non-hydrogen) atoms. The summed E-state index contributed by atoms with van der Waals surface area (Å²) in [6.07, 6.45) is 84.3. The molecule has 6 heteroatoms. The zero-order valence-corrected chi connectivity index (χ0v) is 51.5. The Morgan fingerprint density at radius 1 is 0.273 bits per heavy atom. The van der Waals surface area contributed by atoms with Crippen molar-refractivity contribution >= 4 is 17.9 Å². The molecule has 448 valence electrons. The molecule has 0 radical (unpaired) electrons.